The van der Waals surface area contributed by atoms with Crippen LogP contribution in [0.3, 0.4) is 0 Å². The molecule has 3 rings (SSSR count). The molecule has 0 unspecified atom stereocenters. The van der Waals surface area contributed by atoms with E-state index in [0.717, 1.165) is 36.8 Å². The van der Waals surface area contributed by atoms with Crippen LogP contribution >= 0.6 is 34.8 Å². The number of nitrogens with one attached hydrogen (secondary N) is 1. The Bertz CT molecular complexity index is 929. The summed E-state index contributed by atoms with van der Waals surface area (Å²) in [5, 5.41) is 4.69. The molecule has 0 saturated heterocycles. The lowest BCUT2D eigenvalue weighted by Crippen LogP contribution is -2.50. The Kier molecular flexibility index (Phi) is 8.65. The van der Waals surface area contributed by atoms with Crippen molar-refractivity contribution in [1.29, 1.82) is 0 Å². The van der Waals surface area contributed by atoms with Crippen LogP contribution in [-0.2, 0) is 22.6 Å². The molecule has 1 N–H and O–H groups in total. The first kappa shape index (κ1) is 23.9. The van der Waals surface area contributed by atoms with Gasteiger partial charge in [-0.1, -0.05) is 72.3 Å². The van der Waals surface area contributed by atoms with E-state index >= 15 is 0 Å². The summed E-state index contributed by atoms with van der Waals surface area (Å²) in [5.74, 6) is -0.309. The molecule has 2 aromatic rings. The van der Waals surface area contributed by atoms with Crippen LogP contribution in [0.25, 0.3) is 0 Å². The van der Waals surface area contributed by atoms with Crippen molar-refractivity contribution in [2.75, 3.05) is 0 Å². The number of hydrogen-bond donors (Lipinski definition) is 1. The van der Waals surface area contributed by atoms with Gasteiger partial charge in [0.2, 0.25) is 11.8 Å². The summed E-state index contributed by atoms with van der Waals surface area (Å²) in [6.07, 6.45) is 5.57. The van der Waals surface area contributed by atoms with Crippen LogP contribution in [0.2, 0.25) is 15.1 Å². The largest absolute Gasteiger partial charge is 0.352 e. The van der Waals surface area contributed by atoms with Crippen molar-refractivity contribution in [1.82, 2.24) is 10.2 Å². The number of carbonyl (C=O) groups excluding carboxylic acids is 2. The highest BCUT2D eigenvalue weighted by molar-refractivity contribution is 6.35. The van der Waals surface area contributed by atoms with Crippen LogP contribution in [-0.4, -0.2) is 28.8 Å². The minimum absolute atomic E-state index is 0.142. The summed E-state index contributed by atoms with van der Waals surface area (Å²) in [6, 6.07) is 11.9. The molecule has 0 bridgehead atoms. The average Bonchev–Trinajstić information content (AvgIpc) is 2.73. The molecule has 0 heterocycles. The smallest absolute Gasteiger partial charge is 0.242 e. The molecule has 1 fully saturated rings. The monoisotopic (exact) mass is 480 g/mol. The lowest BCUT2D eigenvalue weighted by Gasteiger charge is -2.31. The molecule has 0 radical (unpaired) electrons. The summed E-state index contributed by atoms with van der Waals surface area (Å²) in [6.45, 7) is 1.98. The Balaban J connectivity index is 1.79. The van der Waals surface area contributed by atoms with E-state index in [2.05, 4.69) is 5.32 Å². The van der Waals surface area contributed by atoms with Crippen molar-refractivity contribution in [2.24, 2.45) is 0 Å². The van der Waals surface area contributed by atoms with Crippen molar-refractivity contribution >= 4 is 46.6 Å². The molecule has 2 amide bonds. The van der Waals surface area contributed by atoms with Crippen molar-refractivity contribution in [3.63, 3.8) is 0 Å². The Morgan fingerprint density at radius 1 is 1.03 bits per heavy atom. The molecule has 0 spiro atoms. The second kappa shape index (κ2) is 11.2. The van der Waals surface area contributed by atoms with Gasteiger partial charge in [-0.2, -0.15) is 0 Å². The SMILES string of the molecule is C[C@@H](C(=O)NC1CCCCC1)N(Cc1ccc(Cl)cc1Cl)C(=O)Cc1cccc(Cl)c1. The number of halogens is 3. The molecule has 2 aromatic carbocycles. The Morgan fingerprint density at radius 2 is 1.74 bits per heavy atom. The van der Waals surface area contributed by atoms with Crippen LogP contribution in [0.15, 0.2) is 42.5 Å². The molecular formula is C24H27Cl3N2O2. The normalized spacial score (nSPS) is 15.4. The van der Waals surface area contributed by atoms with Gasteiger partial charge < -0.3 is 10.2 Å². The maximum atomic E-state index is 13.3. The van der Waals surface area contributed by atoms with E-state index in [0.29, 0.717) is 15.1 Å². The molecular weight excluding hydrogens is 455 g/mol. The Hall–Kier alpha value is -1.75. The number of carbonyl (C=O) groups is 2. The number of rotatable bonds is 7. The van der Waals surface area contributed by atoms with E-state index < -0.39 is 6.04 Å². The van der Waals surface area contributed by atoms with Gasteiger partial charge >= 0.3 is 0 Å². The maximum Gasteiger partial charge on any atom is 0.242 e. The molecule has 7 heteroatoms. The first-order valence-electron chi connectivity index (χ1n) is 10.6. The van der Waals surface area contributed by atoms with Crippen molar-refractivity contribution in [3.05, 3.63) is 68.7 Å². The van der Waals surface area contributed by atoms with Gasteiger partial charge in [-0.25, -0.2) is 0 Å². The molecule has 166 valence electrons. The van der Waals surface area contributed by atoms with Gasteiger partial charge in [0, 0.05) is 27.7 Å². The lowest BCUT2D eigenvalue weighted by atomic mass is 9.95. The van der Waals surface area contributed by atoms with E-state index in [4.69, 9.17) is 34.8 Å². The van der Waals surface area contributed by atoms with Gasteiger partial charge in [-0.15, -0.1) is 0 Å². The first-order valence-corrected chi connectivity index (χ1v) is 11.7. The fourth-order valence-corrected chi connectivity index (χ4v) is 4.59. The van der Waals surface area contributed by atoms with E-state index in [1.54, 1.807) is 42.2 Å². The number of amides is 2. The van der Waals surface area contributed by atoms with Gasteiger partial charge in [0.15, 0.2) is 0 Å². The van der Waals surface area contributed by atoms with Crippen LogP contribution < -0.4 is 5.32 Å². The zero-order valence-electron chi connectivity index (χ0n) is 17.5. The van der Waals surface area contributed by atoms with Crippen molar-refractivity contribution in [3.8, 4) is 0 Å². The fraction of sp³-hybridized carbons (Fsp3) is 0.417. The molecule has 1 atom stereocenters. The maximum absolute atomic E-state index is 13.3. The summed E-state index contributed by atoms with van der Waals surface area (Å²) in [7, 11) is 0. The molecule has 4 nitrogen and oxygen atoms in total. The number of hydrogen-bond acceptors (Lipinski definition) is 2. The molecule has 1 saturated carbocycles. The van der Waals surface area contributed by atoms with Crippen LogP contribution in [0, 0.1) is 0 Å². The summed E-state index contributed by atoms with van der Waals surface area (Å²) < 4.78 is 0. The predicted molar refractivity (Wildman–Crippen MR) is 127 cm³/mol. The molecule has 0 aromatic heterocycles. The first-order chi connectivity index (χ1) is 14.8. The van der Waals surface area contributed by atoms with E-state index in [1.807, 2.05) is 12.1 Å². The second-order valence-electron chi connectivity index (χ2n) is 8.08. The third-order valence-electron chi connectivity index (χ3n) is 5.72. The minimum atomic E-state index is -0.639. The number of nitrogens with zero attached hydrogens (tertiary/aromatic N) is 1. The molecule has 31 heavy (non-hydrogen) atoms. The van der Waals surface area contributed by atoms with E-state index in [1.165, 1.54) is 6.42 Å². The zero-order valence-corrected chi connectivity index (χ0v) is 19.8. The highest BCUT2D eigenvalue weighted by atomic mass is 35.5. The Morgan fingerprint density at radius 3 is 2.42 bits per heavy atom. The molecule has 1 aliphatic rings. The van der Waals surface area contributed by atoms with Gasteiger partial charge in [-0.3, -0.25) is 9.59 Å². The summed E-state index contributed by atoms with van der Waals surface area (Å²) in [5.41, 5.74) is 1.53. The topological polar surface area (TPSA) is 49.4 Å². The van der Waals surface area contributed by atoms with Crippen molar-refractivity contribution < 1.29 is 9.59 Å². The quantitative estimate of drug-likeness (QED) is 0.523. The standard InChI is InChI=1S/C24H27Cl3N2O2/c1-16(24(31)28-21-8-3-2-4-9-21)29(15-18-10-11-20(26)14-22(18)27)23(30)13-17-6-5-7-19(25)12-17/h5-7,10-12,14,16,21H,2-4,8-9,13,15H2,1H3,(H,28,31)/t16-/m0/s1. The van der Waals surface area contributed by atoms with Crippen molar-refractivity contribution in [2.45, 2.75) is 64.1 Å². The highest BCUT2D eigenvalue weighted by Gasteiger charge is 2.28. The van der Waals surface area contributed by atoms with E-state index in [-0.39, 0.29) is 30.8 Å². The van der Waals surface area contributed by atoms with Gasteiger partial charge in [0.05, 0.1) is 6.42 Å². The Labute approximate surface area is 198 Å². The molecule has 0 aliphatic heterocycles. The molecule has 1 aliphatic carbocycles. The third kappa shape index (κ3) is 6.86. The fourth-order valence-electron chi connectivity index (χ4n) is 3.91. The third-order valence-corrected chi connectivity index (χ3v) is 6.54. The van der Waals surface area contributed by atoms with Gasteiger partial charge in [0.1, 0.15) is 6.04 Å². The second-order valence-corrected chi connectivity index (χ2v) is 9.36. The van der Waals surface area contributed by atoms with Gasteiger partial charge in [0.25, 0.3) is 0 Å². The van der Waals surface area contributed by atoms with Gasteiger partial charge in [-0.05, 0) is 55.2 Å². The predicted octanol–water partition coefficient (Wildman–Crippen LogP) is 6.06. The number of benzene rings is 2. The highest BCUT2D eigenvalue weighted by Crippen LogP contribution is 2.24. The zero-order chi connectivity index (χ0) is 22.4. The average molecular weight is 482 g/mol. The summed E-state index contributed by atoms with van der Waals surface area (Å²) in [4.78, 5) is 27.9. The summed E-state index contributed by atoms with van der Waals surface area (Å²) >= 11 is 18.5. The van der Waals surface area contributed by atoms with E-state index in [9.17, 15) is 9.59 Å². The minimum Gasteiger partial charge on any atom is -0.352 e. The van der Waals surface area contributed by atoms with Crippen LogP contribution in [0.1, 0.15) is 50.2 Å². The lowest BCUT2D eigenvalue weighted by molar-refractivity contribution is -0.140. The van der Waals surface area contributed by atoms with Crippen LogP contribution in [0.4, 0.5) is 0 Å². The van der Waals surface area contributed by atoms with Crippen LogP contribution in [0.5, 0.6) is 0 Å².